The number of nitrogens with zero attached hydrogens (tertiary/aromatic N) is 4. The van der Waals surface area contributed by atoms with E-state index in [1.165, 1.54) is 23.3 Å². The molecule has 0 atom stereocenters. The van der Waals surface area contributed by atoms with E-state index in [9.17, 15) is 0 Å². The molecular formula is C10H13N5S2. The first-order valence-corrected chi connectivity index (χ1v) is 6.84. The van der Waals surface area contributed by atoms with Gasteiger partial charge in [0.05, 0.1) is 0 Å². The summed E-state index contributed by atoms with van der Waals surface area (Å²) in [5.74, 6) is 1.52. The Labute approximate surface area is 108 Å². The number of aryl methyl sites for hydroxylation is 2. The summed E-state index contributed by atoms with van der Waals surface area (Å²) in [6, 6.07) is 1.94. The molecule has 0 fully saturated rings. The Balaban J connectivity index is 2.20. The van der Waals surface area contributed by atoms with E-state index in [1.807, 2.05) is 27.0 Å². The summed E-state index contributed by atoms with van der Waals surface area (Å²) >= 11 is 2.93. The highest BCUT2D eigenvalue weighted by atomic mass is 32.2. The zero-order valence-corrected chi connectivity index (χ0v) is 11.5. The Kier molecular flexibility index (Phi) is 3.90. The molecule has 0 aliphatic heterocycles. The summed E-state index contributed by atoms with van der Waals surface area (Å²) in [5, 5.41) is 3.83. The van der Waals surface area contributed by atoms with Crippen molar-refractivity contribution in [3.63, 3.8) is 0 Å². The fourth-order valence-electron chi connectivity index (χ4n) is 1.22. The highest BCUT2D eigenvalue weighted by Crippen LogP contribution is 2.28. The highest BCUT2D eigenvalue weighted by molar-refractivity contribution is 8.00. The second kappa shape index (κ2) is 5.42. The van der Waals surface area contributed by atoms with Crippen LogP contribution >= 0.6 is 23.3 Å². The van der Waals surface area contributed by atoms with Crippen molar-refractivity contribution in [1.29, 1.82) is 0 Å². The zero-order chi connectivity index (χ0) is 12.3. The van der Waals surface area contributed by atoms with Gasteiger partial charge in [-0.25, -0.2) is 15.0 Å². The van der Waals surface area contributed by atoms with Crippen LogP contribution in [0.25, 0.3) is 0 Å². The number of nitrogens with one attached hydrogen (secondary N) is 1. The van der Waals surface area contributed by atoms with E-state index < -0.39 is 0 Å². The lowest BCUT2D eigenvalue weighted by Gasteiger charge is -2.02. The first kappa shape index (κ1) is 12.3. The Morgan fingerprint density at radius 2 is 2.18 bits per heavy atom. The smallest absolute Gasteiger partial charge is 0.223 e. The average Bonchev–Trinajstić information content (AvgIpc) is 2.76. The molecule has 90 valence electrons. The molecule has 0 unspecified atom stereocenters. The fourth-order valence-corrected chi connectivity index (χ4v) is 2.92. The molecule has 0 saturated heterocycles. The van der Waals surface area contributed by atoms with Crippen LogP contribution in [0.5, 0.6) is 0 Å². The lowest BCUT2D eigenvalue weighted by atomic mass is 10.5. The van der Waals surface area contributed by atoms with E-state index in [2.05, 4.69) is 24.6 Å². The Morgan fingerprint density at radius 3 is 2.82 bits per heavy atom. The van der Waals surface area contributed by atoms with Gasteiger partial charge in [0.2, 0.25) is 5.95 Å². The maximum Gasteiger partial charge on any atom is 0.223 e. The third-order valence-electron chi connectivity index (χ3n) is 2.01. The normalized spacial score (nSPS) is 10.5. The molecule has 2 heterocycles. The average molecular weight is 267 g/mol. The van der Waals surface area contributed by atoms with Gasteiger partial charge in [-0.05, 0) is 36.3 Å². The van der Waals surface area contributed by atoms with Crippen LogP contribution < -0.4 is 5.32 Å². The van der Waals surface area contributed by atoms with Crippen LogP contribution in [0.2, 0.25) is 0 Å². The lowest BCUT2D eigenvalue weighted by Crippen LogP contribution is -1.98. The second-order valence-electron chi connectivity index (χ2n) is 3.35. The quantitative estimate of drug-likeness (QED) is 0.858. The van der Waals surface area contributed by atoms with E-state index in [0.29, 0.717) is 5.95 Å². The third-order valence-corrected chi connectivity index (χ3v) is 3.72. The van der Waals surface area contributed by atoms with Crippen molar-refractivity contribution in [3.05, 3.63) is 17.6 Å². The van der Waals surface area contributed by atoms with Crippen LogP contribution in [0.4, 0.5) is 5.95 Å². The second-order valence-corrected chi connectivity index (χ2v) is 5.37. The Hall–Kier alpha value is -1.21. The molecule has 0 amide bonds. The van der Waals surface area contributed by atoms with Gasteiger partial charge in [-0.1, -0.05) is 6.92 Å². The maximum absolute atomic E-state index is 4.40. The SMILES string of the molecule is CCc1nsc(Sc2cc(C)nc(NC)n2)n1. The van der Waals surface area contributed by atoms with Crippen LogP contribution in [-0.4, -0.2) is 26.4 Å². The topological polar surface area (TPSA) is 63.6 Å². The number of hydrogen-bond donors (Lipinski definition) is 1. The largest absolute Gasteiger partial charge is 0.357 e. The van der Waals surface area contributed by atoms with Crippen LogP contribution in [0.15, 0.2) is 15.4 Å². The maximum atomic E-state index is 4.40. The summed E-state index contributed by atoms with van der Waals surface area (Å²) in [7, 11) is 1.81. The molecule has 2 aromatic heterocycles. The van der Waals surface area contributed by atoms with Gasteiger partial charge in [-0.3, -0.25) is 0 Å². The van der Waals surface area contributed by atoms with Gasteiger partial charge in [0.1, 0.15) is 10.9 Å². The van der Waals surface area contributed by atoms with Crippen molar-refractivity contribution < 1.29 is 0 Å². The summed E-state index contributed by atoms with van der Waals surface area (Å²) in [4.78, 5) is 13.0. The van der Waals surface area contributed by atoms with Crippen molar-refractivity contribution in [2.75, 3.05) is 12.4 Å². The minimum Gasteiger partial charge on any atom is -0.357 e. The number of hydrogen-bond acceptors (Lipinski definition) is 7. The summed E-state index contributed by atoms with van der Waals surface area (Å²) in [6.45, 7) is 3.99. The standard InChI is InChI=1S/C10H13N5S2/c1-4-7-13-10(17-15-7)16-8-5-6(2)12-9(11-3)14-8/h5H,4H2,1-3H3,(H,11,12,14). The fraction of sp³-hybridized carbons (Fsp3) is 0.400. The molecule has 2 rings (SSSR count). The van der Waals surface area contributed by atoms with Gasteiger partial charge in [0, 0.05) is 19.2 Å². The Bertz CT molecular complexity index is 511. The number of rotatable bonds is 4. The lowest BCUT2D eigenvalue weighted by molar-refractivity contribution is 0.967. The number of aromatic nitrogens is 4. The first-order chi connectivity index (χ1) is 8.21. The molecule has 0 saturated carbocycles. The molecule has 1 N–H and O–H groups in total. The monoisotopic (exact) mass is 267 g/mol. The first-order valence-electron chi connectivity index (χ1n) is 5.25. The predicted molar refractivity (Wildman–Crippen MR) is 69.7 cm³/mol. The van der Waals surface area contributed by atoms with Crippen LogP contribution in [0.1, 0.15) is 18.4 Å². The molecule has 0 aromatic carbocycles. The van der Waals surface area contributed by atoms with Gasteiger partial charge in [-0.15, -0.1) is 0 Å². The van der Waals surface area contributed by atoms with E-state index in [-0.39, 0.29) is 0 Å². The van der Waals surface area contributed by atoms with Crippen molar-refractivity contribution in [2.45, 2.75) is 29.6 Å². The molecule has 0 aliphatic carbocycles. The highest BCUT2D eigenvalue weighted by Gasteiger charge is 2.07. The van der Waals surface area contributed by atoms with Gasteiger partial charge in [0.25, 0.3) is 0 Å². The molecule has 17 heavy (non-hydrogen) atoms. The predicted octanol–water partition coefficient (Wildman–Crippen LogP) is 2.39. The van der Waals surface area contributed by atoms with E-state index in [1.54, 1.807) is 0 Å². The molecule has 0 spiro atoms. The van der Waals surface area contributed by atoms with E-state index in [0.717, 1.165) is 27.3 Å². The minimum atomic E-state index is 0.632. The molecule has 2 aromatic rings. The number of anilines is 1. The van der Waals surface area contributed by atoms with Crippen molar-refractivity contribution in [2.24, 2.45) is 0 Å². The minimum absolute atomic E-state index is 0.632. The molecule has 0 radical (unpaired) electrons. The zero-order valence-electron chi connectivity index (χ0n) is 9.89. The molecule has 0 bridgehead atoms. The van der Waals surface area contributed by atoms with Gasteiger partial charge in [-0.2, -0.15) is 4.37 Å². The van der Waals surface area contributed by atoms with Crippen molar-refractivity contribution in [1.82, 2.24) is 19.3 Å². The van der Waals surface area contributed by atoms with E-state index >= 15 is 0 Å². The van der Waals surface area contributed by atoms with Gasteiger partial charge < -0.3 is 5.32 Å². The Morgan fingerprint density at radius 1 is 1.35 bits per heavy atom. The van der Waals surface area contributed by atoms with E-state index in [4.69, 9.17) is 0 Å². The summed E-state index contributed by atoms with van der Waals surface area (Å²) in [6.07, 6.45) is 0.863. The molecule has 5 nitrogen and oxygen atoms in total. The third kappa shape index (κ3) is 3.13. The molecule has 7 heteroatoms. The van der Waals surface area contributed by atoms with Crippen LogP contribution in [0, 0.1) is 6.92 Å². The van der Waals surface area contributed by atoms with Crippen LogP contribution in [-0.2, 0) is 6.42 Å². The van der Waals surface area contributed by atoms with Crippen molar-refractivity contribution in [3.8, 4) is 0 Å². The van der Waals surface area contributed by atoms with Crippen LogP contribution in [0.3, 0.4) is 0 Å². The molecule has 0 aliphatic rings. The molecular weight excluding hydrogens is 254 g/mol. The summed E-state index contributed by atoms with van der Waals surface area (Å²) in [5.41, 5.74) is 0.937. The van der Waals surface area contributed by atoms with Gasteiger partial charge in [0.15, 0.2) is 4.34 Å². The van der Waals surface area contributed by atoms with Crippen molar-refractivity contribution >= 4 is 29.2 Å². The van der Waals surface area contributed by atoms with Gasteiger partial charge >= 0.3 is 0 Å². The summed E-state index contributed by atoms with van der Waals surface area (Å²) < 4.78 is 5.17.